The minimum Gasteiger partial charge on any atom is -0.481 e. The van der Waals surface area contributed by atoms with Crippen molar-refractivity contribution in [3.63, 3.8) is 0 Å². The molecule has 0 spiro atoms. The third-order valence-electron chi connectivity index (χ3n) is 5.54. The van der Waals surface area contributed by atoms with Crippen LogP contribution in [0.3, 0.4) is 0 Å². The van der Waals surface area contributed by atoms with Gasteiger partial charge in [0.05, 0.1) is 13.7 Å². The summed E-state index contributed by atoms with van der Waals surface area (Å²) in [5.41, 5.74) is 4.40. The summed E-state index contributed by atoms with van der Waals surface area (Å²) in [6, 6.07) is 13.0. The Bertz CT molecular complexity index is 1500. The van der Waals surface area contributed by atoms with Gasteiger partial charge in [0.15, 0.2) is 0 Å². The summed E-state index contributed by atoms with van der Waals surface area (Å²) in [4.78, 5) is 30.6. The number of methoxy groups -OCH3 is 1. The van der Waals surface area contributed by atoms with Crippen LogP contribution in [0.5, 0.6) is 5.88 Å². The first-order valence-electron chi connectivity index (χ1n) is 11.4. The topological polar surface area (TPSA) is 125 Å². The molecule has 2 atom stereocenters. The number of carbonyl (C=O) groups excluding carboxylic acids is 1. The molecule has 0 bridgehead atoms. The lowest BCUT2D eigenvalue weighted by atomic mass is 10.0. The van der Waals surface area contributed by atoms with E-state index < -0.39 is 14.1 Å². The molecule has 0 radical (unpaired) electrons. The number of phosphoric acid groups is 1. The molecular weight excluding hydrogens is 495 g/mol. The molecule has 11 heteroatoms. The van der Waals surface area contributed by atoms with Crippen molar-refractivity contribution in [3.8, 4) is 28.1 Å². The van der Waals surface area contributed by atoms with Gasteiger partial charge in [0, 0.05) is 46.9 Å². The average molecular weight is 522 g/mol. The fraction of sp³-hybridized carbons (Fsp3) is 0.192. The van der Waals surface area contributed by atoms with Gasteiger partial charge in [0.2, 0.25) is 11.8 Å². The SMILES string of the molecule is C=CC(=O)Nc1cccc(-c2cnc3c(c2)c(-c2ccnc(OC)c2)cn3C(C)OP(=O)(O)OCC)c1. The van der Waals surface area contributed by atoms with Gasteiger partial charge in [0.1, 0.15) is 11.9 Å². The van der Waals surface area contributed by atoms with Gasteiger partial charge in [0.25, 0.3) is 0 Å². The van der Waals surface area contributed by atoms with E-state index in [2.05, 4.69) is 21.9 Å². The molecule has 0 saturated carbocycles. The number of aromatic nitrogens is 3. The summed E-state index contributed by atoms with van der Waals surface area (Å²) < 4.78 is 29.5. The Morgan fingerprint density at radius 2 is 2.03 bits per heavy atom. The Labute approximate surface area is 214 Å². The number of benzene rings is 1. The Morgan fingerprint density at radius 1 is 1.22 bits per heavy atom. The Hall–Kier alpha value is -3.82. The van der Waals surface area contributed by atoms with Crippen molar-refractivity contribution in [3.05, 3.63) is 73.7 Å². The summed E-state index contributed by atoms with van der Waals surface area (Å²) in [5, 5.41) is 3.53. The van der Waals surface area contributed by atoms with Crippen molar-refractivity contribution in [1.82, 2.24) is 14.5 Å². The van der Waals surface area contributed by atoms with Crippen LogP contribution in [0, 0.1) is 0 Å². The largest absolute Gasteiger partial charge is 0.481 e. The van der Waals surface area contributed by atoms with Crippen molar-refractivity contribution in [2.45, 2.75) is 20.1 Å². The Morgan fingerprint density at radius 3 is 2.76 bits per heavy atom. The highest BCUT2D eigenvalue weighted by molar-refractivity contribution is 7.47. The van der Waals surface area contributed by atoms with Crippen LogP contribution in [0.25, 0.3) is 33.3 Å². The molecular formula is C26H27N4O6P. The van der Waals surface area contributed by atoms with E-state index in [4.69, 9.17) is 13.8 Å². The maximum atomic E-state index is 12.3. The van der Waals surface area contributed by atoms with Crippen molar-refractivity contribution in [2.75, 3.05) is 19.0 Å². The van der Waals surface area contributed by atoms with Gasteiger partial charge in [-0.2, -0.15) is 0 Å². The van der Waals surface area contributed by atoms with Crippen LogP contribution in [0.2, 0.25) is 0 Å². The summed E-state index contributed by atoms with van der Waals surface area (Å²) in [5.74, 6) is 0.132. The maximum absolute atomic E-state index is 12.3. The number of fused-ring (bicyclic) bond motifs is 1. The second-order valence-corrected chi connectivity index (χ2v) is 9.40. The molecule has 0 aliphatic heterocycles. The first-order chi connectivity index (χ1) is 17.7. The van der Waals surface area contributed by atoms with E-state index in [-0.39, 0.29) is 12.5 Å². The van der Waals surface area contributed by atoms with E-state index in [1.54, 1.807) is 49.1 Å². The molecule has 0 aliphatic carbocycles. The summed E-state index contributed by atoms with van der Waals surface area (Å²) in [6.07, 6.45) is 5.47. The van der Waals surface area contributed by atoms with E-state index in [1.807, 2.05) is 30.3 Å². The van der Waals surface area contributed by atoms with Crippen LogP contribution >= 0.6 is 7.82 Å². The molecule has 4 aromatic rings. The number of ether oxygens (including phenoxy) is 1. The summed E-state index contributed by atoms with van der Waals surface area (Å²) in [7, 11) is -2.73. The monoisotopic (exact) mass is 522 g/mol. The third kappa shape index (κ3) is 5.95. The zero-order valence-electron chi connectivity index (χ0n) is 20.6. The molecule has 2 N–H and O–H groups in total. The molecule has 1 aromatic carbocycles. The highest BCUT2D eigenvalue weighted by Crippen LogP contribution is 2.47. The Balaban J connectivity index is 1.84. The fourth-order valence-electron chi connectivity index (χ4n) is 3.89. The van der Waals surface area contributed by atoms with Crippen molar-refractivity contribution in [1.29, 1.82) is 0 Å². The van der Waals surface area contributed by atoms with Crippen LogP contribution in [-0.2, 0) is 18.4 Å². The smallest absolute Gasteiger partial charge is 0.474 e. The predicted molar refractivity (Wildman–Crippen MR) is 141 cm³/mol. The molecule has 3 aromatic heterocycles. The first-order valence-corrected chi connectivity index (χ1v) is 12.9. The van der Waals surface area contributed by atoms with Crippen molar-refractivity contribution in [2.24, 2.45) is 0 Å². The lowest BCUT2D eigenvalue weighted by Crippen LogP contribution is -2.09. The molecule has 0 saturated heterocycles. The zero-order valence-corrected chi connectivity index (χ0v) is 21.5. The van der Waals surface area contributed by atoms with Gasteiger partial charge in [-0.05, 0) is 55.3 Å². The van der Waals surface area contributed by atoms with E-state index >= 15 is 0 Å². The minimum atomic E-state index is -4.27. The van der Waals surface area contributed by atoms with Crippen LogP contribution in [-0.4, -0.2) is 39.1 Å². The number of nitrogens with one attached hydrogen (secondary N) is 1. The number of pyridine rings is 2. The number of anilines is 1. The second-order valence-electron chi connectivity index (χ2n) is 8.00. The van der Waals surface area contributed by atoms with Gasteiger partial charge in [-0.15, -0.1) is 0 Å². The lowest BCUT2D eigenvalue weighted by Gasteiger charge is -2.18. The van der Waals surface area contributed by atoms with Crippen LogP contribution in [0.4, 0.5) is 5.69 Å². The molecule has 192 valence electrons. The highest BCUT2D eigenvalue weighted by Gasteiger charge is 2.26. The average Bonchev–Trinajstić information content (AvgIpc) is 3.27. The molecule has 0 aliphatic rings. The van der Waals surface area contributed by atoms with E-state index in [9.17, 15) is 14.3 Å². The standard InChI is InChI=1S/C26H27N4O6P/c1-5-24(31)29-21-9-7-8-18(12-21)20-13-22-23(19-10-11-27-25(14-19)34-4)16-30(26(22)28-15-20)17(3)36-37(32,33)35-6-2/h5,7-17H,1,6H2,2-4H3,(H,29,31)(H,32,33). The van der Waals surface area contributed by atoms with E-state index in [0.29, 0.717) is 17.2 Å². The van der Waals surface area contributed by atoms with Crippen LogP contribution in [0.1, 0.15) is 20.1 Å². The van der Waals surface area contributed by atoms with E-state index in [0.717, 1.165) is 27.6 Å². The zero-order chi connectivity index (χ0) is 26.6. The number of hydrogen-bond donors (Lipinski definition) is 2. The number of phosphoric ester groups is 1. The molecule has 0 fully saturated rings. The predicted octanol–water partition coefficient (Wildman–Crippen LogP) is 5.57. The van der Waals surface area contributed by atoms with Gasteiger partial charge < -0.3 is 19.5 Å². The van der Waals surface area contributed by atoms with Gasteiger partial charge in [-0.25, -0.2) is 14.5 Å². The normalized spacial score (nSPS) is 13.6. The van der Waals surface area contributed by atoms with Gasteiger partial charge >= 0.3 is 7.82 Å². The maximum Gasteiger partial charge on any atom is 0.474 e. The third-order valence-corrected chi connectivity index (χ3v) is 6.70. The number of nitrogens with zero attached hydrogens (tertiary/aromatic N) is 3. The fourth-order valence-corrected chi connectivity index (χ4v) is 4.77. The second kappa shape index (κ2) is 11.1. The molecule has 37 heavy (non-hydrogen) atoms. The summed E-state index contributed by atoms with van der Waals surface area (Å²) >= 11 is 0. The number of carbonyl (C=O) groups is 1. The van der Waals surface area contributed by atoms with Crippen molar-refractivity contribution >= 4 is 30.5 Å². The minimum absolute atomic E-state index is 0.0307. The van der Waals surface area contributed by atoms with Crippen LogP contribution < -0.4 is 10.1 Å². The number of hydrogen-bond acceptors (Lipinski definition) is 7. The Kier molecular flexibility index (Phi) is 7.85. The highest BCUT2D eigenvalue weighted by atomic mass is 31.2. The molecule has 2 unspecified atom stereocenters. The quantitative estimate of drug-likeness (QED) is 0.205. The van der Waals surface area contributed by atoms with E-state index in [1.165, 1.54) is 13.2 Å². The molecule has 4 rings (SSSR count). The lowest BCUT2D eigenvalue weighted by molar-refractivity contribution is -0.111. The first kappa shape index (κ1) is 26.2. The number of rotatable bonds is 10. The van der Waals surface area contributed by atoms with Gasteiger partial charge in [-0.1, -0.05) is 18.7 Å². The molecule has 3 heterocycles. The molecule has 10 nitrogen and oxygen atoms in total. The summed E-state index contributed by atoms with van der Waals surface area (Å²) in [6.45, 7) is 6.76. The van der Waals surface area contributed by atoms with Crippen LogP contribution in [0.15, 0.2) is 73.7 Å². The molecule has 1 amide bonds. The van der Waals surface area contributed by atoms with Crippen molar-refractivity contribution < 1.29 is 28.0 Å². The number of amides is 1. The van der Waals surface area contributed by atoms with Gasteiger partial charge in [-0.3, -0.25) is 13.8 Å².